The molecule has 122 heavy (non-hydrogen) atoms. The van der Waals surface area contributed by atoms with Crippen LogP contribution in [0.4, 0.5) is 21.0 Å². The molecule has 30 heteroatoms. The molecule has 4 aromatic heterocycles. The molecule has 3 N–H and O–H groups in total. The molecule has 10 aromatic rings. The second kappa shape index (κ2) is 42.3. The first kappa shape index (κ1) is 92.6. The molecule has 6 aromatic carbocycles. The van der Waals surface area contributed by atoms with Crippen molar-refractivity contribution in [2.75, 3.05) is 88.6 Å². The van der Waals surface area contributed by atoms with E-state index in [-0.39, 0.29) is 47.4 Å². The number of hydrogen-bond acceptors (Lipinski definition) is 23. The molecule has 5 saturated carbocycles. The number of fused-ring (bicyclic) bond motifs is 5. The van der Waals surface area contributed by atoms with E-state index in [0.29, 0.717) is 106 Å². The van der Waals surface area contributed by atoms with E-state index in [1.165, 1.54) is 79.8 Å². The molecule has 25 nitrogen and oxygen atoms in total. The van der Waals surface area contributed by atoms with E-state index in [1.807, 2.05) is 108 Å². The van der Waals surface area contributed by atoms with E-state index >= 15 is 0 Å². The third kappa shape index (κ3) is 25.8. The molecule has 0 bridgehead atoms. The topological polar surface area (TPSA) is 312 Å². The summed E-state index contributed by atoms with van der Waals surface area (Å²) in [7, 11) is 3.30. The molecule has 5 aliphatic carbocycles. The fraction of sp³-hybridized carbons (Fsp3) is 0.424. The van der Waals surface area contributed by atoms with E-state index in [0.717, 1.165) is 107 Å². The Balaban J connectivity index is 0.000000148. The Bertz CT molecular complexity index is 5450. The van der Waals surface area contributed by atoms with Crippen molar-refractivity contribution >= 4 is 167 Å². The standard InChI is InChI=1S/C24H31N3O4.C22H27N3O4.C15H14BrNO2.C15H15NO2.C13H11BrO2.C3H7BO2.BHNS/c1-5-30-22(28)18-14-17-8-9-19(16-6-7-16)21(20(17)25-15-18)26-10-12-27(13-11-26)23(29)31-24(2,3)4;1-22(2,3)29-21(28)25-10-8-24(9-11-25)19-17(14-4-5-14)7-6-15-12-16(20(26)27)13-23-18(15)19;1-2-19-15(18)11-7-10-5-6-12(9-3-4-9)13(16)14(10)17-8-11;1-2-18-15(17)13-7-12-6-5-11(10-3-4-10)8-14(12)16-9-13;1-2-16-13(15)11-4-3-10-8-12(14)6-5-9(10)7-11;5-4(6)3-1-2-3;1-2-3/h8-9,14-16H,5-7,10-13H2,1-4H3;6-7,12-14H,4-5,8-11H2,1-3H3,(H,26,27);5-9H,2-4H2,1H3;5-10H,2-4H2,1H3;3-8H,2H2,1H3;3,5-6H,1-2H2;3H. The molecule has 0 unspecified atom stereocenters. The van der Waals surface area contributed by atoms with Crippen LogP contribution in [0.5, 0.6) is 0 Å². The number of carboxylic acids is 1. The molecule has 17 rings (SSSR count). The zero-order valence-electron chi connectivity index (χ0n) is 70.8. The van der Waals surface area contributed by atoms with Gasteiger partial charge in [0, 0.05) is 108 Å². The number of carbonyl (C=O) groups is 7. The van der Waals surface area contributed by atoms with E-state index in [9.17, 15) is 38.7 Å². The Kier molecular flexibility index (Phi) is 32.1. The Labute approximate surface area is 735 Å². The zero-order chi connectivity index (χ0) is 87.7. The van der Waals surface area contributed by atoms with Crippen LogP contribution >= 0.6 is 44.7 Å². The summed E-state index contributed by atoms with van der Waals surface area (Å²) in [5.41, 5.74) is 12.4. The van der Waals surface area contributed by atoms with Crippen LogP contribution in [0.15, 0.2) is 153 Å². The van der Waals surface area contributed by atoms with Crippen LogP contribution in [0.1, 0.15) is 231 Å². The molecule has 0 spiro atoms. The number of halogens is 2. The molecular formula is C92H106B2Br2N9O16S. The second-order valence-corrected chi connectivity index (χ2v) is 34.7. The Morgan fingerprint density at radius 1 is 0.443 bits per heavy atom. The van der Waals surface area contributed by atoms with Crippen LogP contribution < -0.4 is 9.80 Å². The van der Waals surface area contributed by atoms with Crippen LogP contribution in [0.2, 0.25) is 5.82 Å². The van der Waals surface area contributed by atoms with E-state index < -0.39 is 24.3 Å². The van der Waals surface area contributed by atoms with Crippen molar-refractivity contribution in [2.45, 2.75) is 174 Å². The van der Waals surface area contributed by atoms with E-state index in [4.69, 9.17) is 38.5 Å². The normalized spacial score (nSPS) is 15.4. The van der Waals surface area contributed by atoms with Gasteiger partial charge in [-0.15, -0.1) is 0 Å². The number of piperazine rings is 2. The second-order valence-electron chi connectivity index (χ2n) is 32.8. The van der Waals surface area contributed by atoms with Crippen LogP contribution in [0, 0.1) is 0 Å². The van der Waals surface area contributed by atoms with Gasteiger partial charge >= 0.3 is 73.9 Å². The third-order valence-corrected chi connectivity index (χ3v) is 22.3. The third-order valence-electron chi connectivity index (χ3n) is 21.0. The molecule has 6 heterocycles. The molecular weight excluding hydrogens is 1700 g/mol. The van der Waals surface area contributed by atoms with Gasteiger partial charge in [0.1, 0.15) is 11.2 Å². The maximum absolute atomic E-state index is 12.4. The number of nitrogens with zero attached hydrogens (tertiary/aromatic N) is 9. The summed E-state index contributed by atoms with van der Waals surface area (Å²) in [5.74, 6) is 0.490. The van der Waals surface area contributed by atoms with Crippen LogP contribution in [-0.4, -0.2) is 192 Å². The first-order chi connectivity index (χ1) is 58.4. The van der Waals surface area contributed by atoms with Gasteiger partial charge in [0.25, 0.3) is 0 Å². The summed E-state index contributed by atoms with van der Waals surface area (Å²) in [5, 5.41) is 31.6. The van der Waals surface area contributed by atoms with Gasteiger partial charge in [-0.05, 0) is 254 Å². The molecule has 2 amide bonds. The van der Waals surface area contributed by atoms with Crippen molar-refractivity contribution in [2.24, 2.45) is 4.30 Å². The monoisotopic (exact) mass is 1800 g/mol. The predicted molar refractivity (Wildman–Crippen MR) is 485 cm³/mol. The molecule has 0 atom stereocenters. The first-order valence-electron chi connectivity index (χ1n) is 41.7. The number of thiol groups is 1. The molecule has 1 radical (unpaired) electrons. The summed E-state index contributed by atoms with van der Waals surface area (Å²) in [6.07, 6.45) is 17.5. The average Bonchev–Trinajstić information content (AvgIpc) is 1.60. The van der Waals surface area contributed by atoms with Gasteiger partial charge in [-0.1, -0.05) is 89.4 Å². The number of ether oxygens (including phenoxy) is 6. The summed E-state index contributed by atoms with van der Waals surface area (Å²) >= 11 is 10.2. The molecule has 7 fully saturated rings. The molecule has 7 aliphatic rings. The number of benzene rings is 6. The van der Waals surface area contributed by atoms with Crippen molar-refractivity contribution in [1.29, 1.82) is 0 Å². The molecule has 2 aliphatic heterocycles. The predicted octanol–water partition coefficient (Wildman–Crippen LogP) is 19.1. The number of carboxylic acid groups (broad SMARTS) is 1. The molecule has 2 saturated heterocycles. The number of esters is 4. The Morgan fingerprint density at radius 2 is 0.795 bits per heavy atom. The number of aromatic nitrogens is 4. The van der Waals surface area contributed by atoms with Crippen molar-refractivity contribution < 1.29 is 77.1 Å². The number of amides is 2. The number of carbonyl (C=O) groups excluding carboxylic acids is 6. The van der Waals surface area contributed by atoms with Gasteiger partial charge in [0.05, 0.1) is 87.7 Å². The van der Waals surface area contributed by atoms with Crippen LogP contribution in [0.3, 0.4) is 0 Å². The van der Waals surface area contributed by atoms with Gasteiger partial charge in [-0.2, -0.15) is 0 Å². The van der Waals surface area contributed by atoms with Gasteiger partial charge in [-0.25, -0.2) is 33.6 Å². The van der Waals surface area contributed by atoms with Crippen molar-refractivity contribution in [3.8, 4) is 0 Å². The number of hydrogen-bond donors (Lipinski definition) is 4. The number of pyridine rings is 4. The zero-order valence-corrected chi connectivity index (χ0v) is 74.8. The SMILES string of the molecule is CC(C)(C)OC(=O)N1CCN(c2c(C3CC3)ccc3cc(C(=O)O)cnc23)CC1.CCOC(=O)c1ccc2cc(Br)ccc2c1.CCOC(=O)c1cnc2c(Br)c(C3CC3)ccc2c1.CCOC(=O)c1cnc2c(N3CCN(C(=O)OC(C)(C)C)CC3)c(C3CC3)ccc2c1.CCOC(=O)c1cnc2cc(C3CC3)ccc2c1.OB(O)C1CC1.[B]=NS. The maximum atomic E-state index is 12.4. The fourth-order valence-corrected chi connectivity index (χ4v) is 15.3. The number of rotatable bonds is 16. The molecule has 641 valence electrons. The number of aromatic carboxylic acids is 1. The van der Waals surface area contributed by atoms with Crippen molar-refractivity contribution in [1.82, 2.24) is 29.7 Å². The minimum absolute atomic E-state index is 0.192. The average molecular weight is 1810 g/mol. The van der Waals surface area contributed by atoms with E-state index in [1.54, 1.807) is 68.2 Å². The van der Waals surface area contributed by atoms with Gasteiger partial charge in [-0.3, -0.25) is 19.9 Å². The summed E-state index contributed by atoms with van der Waals surface area (Å²) < 4.78 is 35.8. The first-order valence-corrected chi connectivity index (χ1v) is 43.7. The van der Waals surface area contributed by atoms with Gasteiger partial charge < -0.3 is 63.2 Å². The minimum atomic E-state index is -1.04. The van der Waals surface area contributed by atoms with Crippen LogP contribution in [-0.2, 0) is 28.4 Å². The summed E-state index contributed by atoms with van der Waals surface area (Å²) in [6, 6.07) is 37.5. The summed E-state index contributed by atoms with van der Waals surface area (Å²) in [6.45, 7) is 25.2. The van der Waals surface area contributed by atoms with Crippen LogP contribution in [0.25, 0.3) is 54.4 Å². The van der Waals surface area contributed by atoms with Crippen molar-refractivity contribution in [3.05, 3.63) is 199 Å². The van der Waals surface area contributed by atoms with Gasteiger partial charge in [0.2, 0.25) is 0 Å². The van der Waals surface area contributed by atoms with E-state index in [2.05, 4.69) is 123 Å². The van der Waals surface area contributed by atoms with Crippen molar-refractivity contribution in [3.63, 3.8) is 0 Å². The number of anilines is 2. The Hall–Kier alpha value is -10.1. The quantitative estimate of drug-likeness (QED) is 0.0302. The fourth-order valence-electron chi connectivity index (χ4n) is 14.1. The Morgan fingerprint density at radius 3 is 1.20 bits per heavy atom. The summed E-state index contributed by atoms with van der Waals surface area (Å²) in [4.78, 5) is 109. The van der Waals surface area contributed by atoms with Gasteiger partial charge in [0.15, 0.2) is 0 Å².